The van der Waals surface area contributed by atoms with Crippen LogP contribution in [0.15, 0.2) is 17.1 Å². The molecule has 3 heterocycles. The number of aliphatic hydroxyl groups is 6. The van der Waals surface area contributed by atoms with Crippen molar-refractivity contribution in [1.29, 1.82) is 0 Å². The highest BCUT2D eigenvalue weighted by atomic mass is 31.2. The van der Waals surface area contributed by atoms with E-state index in [2.05, 4.69) is 15.6 Å². The average molecular weight is 700 g/mol. The maximum Gasteiger partial charge on any atom is 0.407 e. The van der Waals surface area contributed by atoms with Crippen LogP contribution in [0.2, 0.25) is 0 Å². The molecule has 11 unspecified atom stereocenters. The summed E-state index contributed by atoms with van der Waals surface area (Å²) in [7, 11) is -2.78. The zero-order valence-corrected chi connectivity index (χ0v) is 26.7. The van der Waals surface area contributed by atoms with E-state index in [-0.39, 0.29) is 19.0 Å². The summed E-state index contributed by atoms with van der Waals surface area (Å²) in [5, 5.41) is 66.7. The normalized spacial score (nSPS) is 31.8. The zero-order valence-electron chi connectivity index (χ0n) is 25.8. The number of nitrogen functional groups attached to an aromatic ring is 1. The van der Waals surface area contributed by atoms with Crippen molar-refractivity contribution < 1.29 is 72.8 Å². The molecule has 21 nitrogen and oxygen atoms in total. The molecular weight excluding hydrogens is 657 g/mol. The summed E-state index contributed by atoms with van der Waals surface area (Å²) in [6.45, 7) is 0.144. The van der Waals surface area contributed by atoms with Crippen LogP contribution >= 0.6 is 7.60 Å². The van der Waals surface area contributed by atoms with Crippen LogP contribution in [-0.4, -0.2) is 153 Å². The number of nitrogens with zero attached hydrogens (tertiary/aromatic N) is 2. The fraction of sp³-hybridized carbons (Fsp3) is 0.760. The maximum atomic E-state index is 13.4. The molecule has 47 heavy (non-hydrogen) atoms. The number of rotatable bonds is 15. The Labute approximate surface area is 268 Å². The van der Waals surface area contributed by atoms with Crippen molar-refractivity contribution in [2.45, 2.75) is 74.1 Å². The highest BCUT2D eigenvalue weighted by Crippen LogP contribution is 2.51. The van der Waals surface area contributed by atoms with Gasteiger partial charge in [0.05, 0.1) is 32.0 Å². The second-order valence-corrected chi connectivity index (χ2v) is 13.0. The summed E-state index contributed by atoms with van der Waals surface area (Å²) >= 11 is 0. The number of nitrogens with two attached hydrogens (primary N) is 1. The van der Waals surface area contributed by atoms with Crippen LogP contribution in [0.5, 0.6) is 0 Å². The molecule has 2 saturated heterocycles. The van der Waals surface area contributed by atoms with Crippen molar-refractivity contribution >= 4 is 25.4 Å². The highest BCUT2D eigenvalue weighted by molar-refractivity contribution is 7.53. The van der Waals surface area contributed by atoms with Gasteiger partial charge in [-0.1, -0.05) is 0 Å². The lowest BCUT2D eigenvalue weighted by atomic mass is 9.89. The van der Waals surface area contributed by atoms with Gasteiger partial charge >= 0.3 is 19.4 Å². The third-order valence-corrected chi connectivity index (χ3v) is 8.52. The average Bonchev–Trinajstić information content (AvgIpc) is 3.27. The van der Waals surface area contributed by atoms with Gasteiger partial charge in [0.25, 0.3) is 0 Å². The van der Waals surface area contributed by atoms with Crippen LogP contribution in [-0.2, 0) is 37.4 Å². The number of anilines is 1. The van der Waals surface area contributed by atoms with Gasteiger partial charge in [0.1, 0.15) is 55.6 Å². The molecule has 2 fully saturated rings. The molecule has 0 bridgehead atoms. The molecule has 0 aliphatic carbocycles. The molecule has 10 N–H and O–H groups in total. The molecule has 2 amide bonds. The minimum absolute atomic E-state index is 0.0740. The molecule has 0 saturated carbocycles. The Kier molecular flexibility index (Phi) is 13.6. The highest BCUT2D eigenvalue weighted by Gasteiger charge is 2.52. The Balaban J connectivity index is 1.66. The number of amides is 2. The summed E-state index contributed by atoms with van der Waals surface area (Å²) in [5.74, 6) is -2.91. The molecule has 22 heteroatoms. The van der Waals surface area contributed by atoms with E-state index in [4.69, 9.17) is 33.7 Å². The fourth-order valence-corrected chi connectivity index (χ4v) is 6.23. The van der Waals surface area contributed by atoms with Crippen LogP contribution in [0.3, 0.4) is 0 Å². The summed E-state index contributed by atoms with van der Waals surface area (Å²) < 4.78 is 46.2. The monoisotopic (exact) mass is 699 g/mol. The maximum absolute atomic E-state index is 13.4. The number of carbonyl (C=O) groups is 2. The molecule has 3 rings (SSSR count). The van der Waals surface area contributed by atoms with E-state index in [1.807, 2.05) is 0 Å². The molecule has 1 aromatic heterocycles. The van der Waals surface area contributed by atoms with Crippen LogP contribution in [0.25, 0.3) is 0 Å². The van der Waals surface area contributed by atoms with Gasteiger partial charge in [-0.05, 0) is 13.0 Å². The van der Waals surface area contributed by atoms with Gasteiger partial charge < -0.3 is 70.5 Å². The first-order valence-corrected chi connectivity index (χ1v) is 16.3. The third kappa shape index (κ3) is 10.3. The first kappa shape index (κ1) is 38.7. The van der Waals surface area contributed by atoms with Gasteiger partial charge in [-0.15, -0.1) is 0 Å². The van der Waals surface area contributed by atoms with Crippen LogP contribution < -0.4 is 22.1 Å². The van der Waals surface area contributed by atoms with E-state index in [9.17, 15) is 49.6 Å². The number of ether oxygens (including phenoxy) is 4. The molecule has 0 radical (unpaired) electrons. The lowest BCUT2D eigenvalue weighted by Gasteiger charge is -2.47. The van der Waals surface area contributed by atoms with E-state index < -0.39 is 112 Å². The van der Waals surface area contributed by atoms with Crippen molar-refractivity contribution in [1.82, 2.24) is 20.2 Å². The van der Waals surface area contributed by atoms with Crippen molar-refractivity contribution in [3.8, 4) is 0 Å². The van der Waals surface area contributed by atoms with E-state index in [0.29, 0.717) is 0 Å². The number of alkyl carbamates (subject to hydrolysis) is 1. The Morgan fingerprint density at radius 2 is 1.96 bits per heavy atom. The fourth-order valence-electron chi connectivity index (χ4n) is 4.94. The minimum atomic E-state index is -4.19. The molecular formula is C25H42N5O16P. The third-order valence-electron chi connectivity index (χ3n) is 7.19. The summed E-state index contributed by atoms with van der Waals surface area (Å²) in [6.07, 6.45) is -13.0. The van der Waals surface area contributed by atoms with Crippen LogP contribution in [0.4, 0.5) is 10.6 Å². The number of carbonyl (C=O) groups excluding carboxylic acids is 2. The second-order valence-electron chi connectivity index (χ2n) is 11.1. The number of aliphatic hydroxyl groups excluding tert-OH is 6. The van der Waals surface area contributed by atoms with Gasteiger partial charge in [0, 0.05) is 26.4 Å². The molecule has 11 atom stereocenters. The lowest BCUT2D eigenvalue weighted by Crippen LogP contribution is -2.66. The number of nitrogens with one attached hydrogen (secondary N) is 2. The van der Waals surface area contributed by atoms with Gasteiger partial charge in [-0.25, -0.2) is 9.59 Å². The summed E-state index contributed by atoms with van der Waals surface area (Å²) in [5.41, 5.74) is 4.62. The number of hydrogen-bond acceptors (Lipinski definition) is 18. The second kappa shape index (κ2) is 16.5. The van der Waals surface area contributed by atoms with E-state index in [1.54, 1.807) is 0 Å². The molecule has 1 aromatic rings. The number of aromatic nitrogens is 2. The van der Waals surface area contributed by atoms with Crippen molar-refractivity contribution in [3.05, 3.63) is 22.7 Å². The van der Waals surface area contributed by atoms with E-state index >= 15 is 0 Å². The number of methoxy groups -OCH3 is 1. The molecule has 0 spiro atoms. The predicted octanol–water partition coefficient (Wildman–Crippen LogP) is -4.26. The summed E-state index contributed by atoms with van der Waals surface area (Å²) in [6, 6.07) is -0.148. The van der Waals surface area contributed by atoms with Crippen molar-refractivity contribution in [2.75, 3.05) is 52.5 Å². The quantitative estimate of drug-likeness (QED) is 0.0618. The summed E-state index contributed by atoms with van der Waals surface area (Å²) in [4.78, 5) is 40.0. The largest absolute Gasteiger partial charge is 0.447 e. The zero-order chi connectivity index (χ0) is 35.1. The van der Waals surface area contributed by atoms with Gasteiger partial charge in [-0.3, -0.25) is 18.5 Å². The van der Waals surface area contributed by atoms with E-state index in [1.165, 1.54) is 26.3 Å². The Bertz CT molecular complexity index is 1320. The topological polar surface area (TPSA) is 313 Å². The first-order chi connectivity index (χ1) is 22.0. The SMILES string of the molecule is COCCOC(=O)NCC(=O)NC1C(O)CC(C)(OP(C)(=O)OCC2OC(n3ccc(N)nc3=O)C(O)C2O)OC1C(O)C(O)CO. The van der Waals surface area contributed by atoms with E-state index in [0.717, 1.165) is 11.2 Å². The molecule has 2 aliphatic heterocycles. The predicted molar refractivity (Wildman–Crippen MR) is 156 cm³/mol. The van der Waals surface area contributed by atoms with Crippen molar-refractivity contribution in [3.63, 3.8) is 0 Å². The Morgan fingerprint density at radius 1 is 1.26 bits per heavy atom. The van der Waals surface area contributed by atoms with Crippen LogP contribution in [0, 0.1) is 0 Å². The Morgan fingerprint density at radius 3 is 2.60 bits per heavy atom. The van der Waals surface area contributed by atoms with Crippen molar-refractivity contribution in [2.24, 2.45) is 0 Å². The lowest BCUT2D eigenvalue weighted by molar-refractivity contribution is -0.282. The molecule has 268 valence electrons. The standard InChI is InChI=1S/C25H42N5O16P/c1-25(46-47(3,40)43-11-14-19(36)20(37)22(44-14)30-5-4-15(26)28-23(30)38)8-12(32)17(21(45-25)18(35)13(33)10-31)29-16(34)9-27-24(39)42-7-6-41-2/h4-5,12-14,17-22,31-33,35-37H,6-11H2,1-3H3,(H,27,39)(H,29,34)(H2,26,28,38). The Hall–Kier alpha value is -2.79. The van der Waals surface area contributed by atoms with Crippen LogP contribution in [0.1, 0.15) is 19.6 Å². The molecule has 0 aromatic carbocycles. The number of hydrogen-bond donors (Lipinski definition) is 9. The first-order valence-electron chi connectivity index (χ1n) is 14.3. The van der Waals surface area contributed by atoms with Gasteiger partial charge in [0.2, 0.25) is 5.91 Å². The van der Waals surface area contributed by atoms with Gasteiger partial charge in [0.15, 0.2) is 12.0 Å². The molecule has 2 aliphatic rings. The van der Waals surface area contributed by atoms with Gasteiger partial charge in [-0.2, -0.15) is 4.98 Å². The smallest absolute Gasteiger partial charge is 0.407 e. The minimum Gasteiger partial charge on any atom is -0.447 e.